The second-order valence-corrected chi connectivity index (χ2v) is 8.64. The molecule has 0 saturated heterocycles. The zero-order chi connectivity index (χ0) is 16.0. The summed E-state index contributed by atoms with van der Waals surface area (Å²) in [6.45, 7) is 7.32. The minimum absolute atomic E-state index is 0.121. The van der Waals surface area contributed by atoms with E-state index in [1.165, 1.54) is 42.5 Å². The fourth-order valence-electron chi connectivity index (χ4n) is 3.59. The van der Waals surface area contributed by atoms with Crippen molar-refractivity contribution in [2.24, 2.45) is 17.8 Å². The van der Waals surface area contributed by atoms with Gasteiger partial charge < -0.3 is 10.6 Å². The molecular formula is C19H26N2OS. The Morgan fingerprint density at radius 3 is 2.74 bits per heavy atom. The highest BCUT2D eigenvalue weighted by molar-refractivity contribution is 7.16. The van der Waals surface area contributed by atoms with Crippen LogP contribution in [0.3, 0.4) is 0 Å². The fraction of sp³-hybridized carbons (Fsp3) is 0.632. The smallest absolute Gasteiger partial charge is 0.254 e. The van der Waals surface area contributed by atoms with Gasteiger partial charge in [-0.3, -0.25) is 4.79 Å². The number of thiophene rings is 1. The van der Waals surface area contributed by atoms with Gasteiger partial charge in [-0.25, -0.2) is 0 Å². The van der Waals surface area contributed by atoms with E-state index in [0.717, 1.165) is 41.6 Å². The standard InChI is InChI=1S/C19H26N2OS/c1-11-9-15(11)12(2)21-19-17(18(22)20-10-13-7-8-13)14-5-3-4-6-16(14)23-19/h11,13,15,21H,2-10H2,1H3,(H,20,22)/t11-,15+/m1/s1. The third kappa shape index (κ3) is 3.18. The molecule has 4 heteroatoms. The molecule has 124 valence electrons. The number of fused-ring (bicyclic) bond motifs is 1. The first-order valence-electron chi connectivity index (χ1n) is 9.02. The third-order valence-electron chi connectivity index (χ3n) is 5.48. The average molecular weight is 330 g/mol. The summed E-state index contributed by atoms with van der Waals surface area (Å²) >= 11 is 1.78. The first kappa shape index (κ1) is 15.3. The summed E-state index contributed by atoms with van der Waals surface area (Å²) in [4.78, 5) is 14.2. The van der Waals surface area contributed by atoms with Crippen molar-refractivity contribution in [3.8, 4) is 0 Å². The summed E-state index contributed by atoms with van der Waals surface area (Å²) in [6.07, 6.45) is 8.37. The number of nitrogens with one attached hydrogen (secondary N) is 2. The molecule has 1 aromatic heterocycles. The fourth-order valence-corrected chi connectivity index (χ4v) is 4.91. The predicted molar refractivity (Wildman–Crippen MR) is 96.1 cm³/mol. The molecule has 0 aliphatic heterocycles. The van der Waals surface area contributed by atoms with E-state index in [2.05, 4.69) is 24.1 Å². The second kappa shape index (κ2) is 5.97. The maximum absolute atomic E-state index is 12.8. The maximum Gasteiger partial charge on any atom is 0.254 e. The van der Waals surface area contributed by atoms with E-state index in [9.17, 15) is 4.79 Å². The molecule has 23 heavy (non-hydrogen) atoms. The molecule has 0 spiro atoms. The quantitative estimate of drug-likeness (QED) is 0.814. The number of carbonyl (C=O) groups excluding carboxylic acids is 1. The highest BCUT2D eigenvalue weighted by Crippen LogP contribution is 2.45. The van der Waals surface area contributed by atoms with Crippen molar-refractivity contribution in [1.82, 2.24) is 5.32 Å². The number of hydrogen-bond donors (Lipinski definition) is 2. The summed E-state index contributed by atoms with van der Waals surface area (Å²) in [5, 5.41) is 7.71. The molecule has 0 aromatic carbocycles. The Hall–Kier alpha value is -1.29. The van der Waals surface area contributed by atoms with Crippen molar-refractivity contribution in [3.63, 3.8) is 0 Å². The number of hydrogen-bond acceptors (Lipinski definition) is 3. The molecule has 3 aliphatic rings. The summed E-state index contributed by atoms with van der Waals surface area (Å²) in [5.41, 5.74) is 3.31. The number of allylic oxidation sites excluding steroid dienone is 1. The normalized spacial score (nSPS) is 25.6. The van der Waals surface area contributed by atoms with Crippen LogP contribution in [0.5, 0.6) is 0 Å². The Kier molecular flexibility index (Phi) is 3.96. The molecule has 2 fully saturated rings. The average Bonchev–Trinajstić information content (AvgIpc) is 3.44. The monoisotopic (exact) mass is 330 g/mol. The zero-order valence-electron chi connectivity index (χ0n) is 13.9. The van der Waals surface area contributed by atoms with Crippen LogP contribution in [0.1, 0.15) is 59.8 Å². The van der Waals surface area contributed by atoms with Gasteiger partial charge in [0.25, 0.3) is 5.91 Å². The SMILES string of the molecule is C=C(Nc1sc2c(c1C(=O)NCC1CC1)CCCC2)[C@H]1C[C@H]1C. The summed E-state index contributed by atoms with van der Waals surface area (Å²) in [5.74, 6) is 2.15. The molecule has 0 radical (unpaired) electrons. The first-order valence-corrected chi connectivity index (χ1v) is 9.83. The molecule has 4 rings (SSSR count). The van der Waals surface area contributed by atoms with Crippen LogP contribution in [-0.4, -0.2) is 12.5 Å². The van der Waals surface area contributed by atoms with E-state index in [-0.39, 0.29) is 5.91 Å². The van der Waals surface area contributed by atoms with E-state index in [1.807, 2.05) is 0 Å². The molecule has 0 bridgehead atoms. The van der Waals surface area contributed by atoms with Crippen LogP contribution in [-0.2, 0) is 12.8 Å². The molecule has 0 unspecified atom stereocenters. The van der Waals surface area contributed by atoms with Gasteiger partial charge in [0.2, 0.25) is 0 Å². The minimum atomic E-state index is 0.121. The maximum atomic E-state index is 12.8. The lowest BCUT2D eigenvalue weighted by Crippen LogP contribution is -2.27. The molecule has 3 aliphatic carbocycles. The van der Waals surface area contributed by atoms with Crippen molar-refractivity contribution < 1.29 is 4.79 Å². The largest absolute Gasteiger partial charge is 0.352 e. The lowest BCUT2D eigenvalue weighted by Gasteiger charge is -2.14. The van der Waals surface area contributed by atoms with Crippen LogP contribution in [0, 0.1) is 17.8 Å². The van der Waals surface area contributed by atoms with Gasteiger partial charge in [-0.05, 0) is 62.3 Å². The zero-order valence-corrected chi connectivity index (χ0v) is 14.7. The van der Waals surface area contributed by atoms with Gasteiger partial charge in [-0.1, -0.05) is 13.5 Å². The van der Waals surface area contributed by atoms with Gasteiger partial charge in [0, 0.05) is 23.0 Å². The van der Waals surface area contributed by atoms with E-state index >= 15 is 0 Å². The Morgan fingerprint density at radius 2 is 2.04 bits per heavy atom. The number of amides is 1. The van der Waals surface area contributed by atoms with Gasteiger partial charge >= 0.3 is 0 Å². The Labute approximate surface area is 142 Å². The van der Waals surface area contributed by atoms with E-state index in [1.54, 1.807) is 11.3 Å². The van der Waals surface area contributed by atoms with Crippen LogP contribution in [0.4, 0.5) is 5.00 Å². The van der Waals surface area contributed by atoms with Crippen molar-refractivity contribution in [2.45, 2.75) is 51.9 Å². The van der Waals surface area contributed by atoms with E-state index in [4.69, 9.17) is 0 Å². The summed E-state index contributed by atoms with van der Waals surface area (Å²) in [6, 6.07) is 0. The molecule has 2 saturated carbocycles. The van der Waals surface area contributed by atoms with Crippen LogP contribution in [0.25, 0.3) is 0 Å². The molecular weight excluding hydrogens is 304 g/mol. The topological polar surface area (TPSA) is 41.1 Å². The van der Waals surface area contributed by atoms with Gasteiger partial charge in [0.1, 0.15) is 5.00 Å². The van der Waals surface area contributed by atoms with Gasteiger partial charge in [0.15, 0.2) is 0 Å². The Bertz CT molecular complexity index is 644. The number of anilines is 1. The first-order chi connectivity index (χ1) is 11.1. The highest BCUT2D eigenvalue weighted by atomic mass is 32.1. The molecule has 2 atom stereocenters. The minimum Gasteiger partial charge on any atom is -0.352 e. The predicted octanol–water partition coefficient (Wildman–Crippen LogP) is 4.35. The molecule has 1 amide bonds. The van der Waals surface area contributed by atoms with E-state index < -0.39 is 0 Å². The van der Waals surface area contributed by atoms with Crippen molar-refractivity contribution in [2.75, 3.05) is 11.9 Å². The number of carbonyl (C=O) groups is 1. The molecule has 2 N–H and O–H groups in total. The number of rotatable bonds is 6. The van der Waals surface area contributed by atoms with Crippen LogP contribution in [0.15, 0.2) is 12.3 Å². The number of aryl methyl sites for hydroxylation is 1. The summed E-state index contributed by atoms with van der Waals surface area (Å²) < 4.78 is 0. The van der Waals surface area contributed by atoms with Crippen LogP contribution in [0.2, 0.25) is 0 Å². The molecule has 1 heterocycles. The third-order valence-corrected chi connectivity index (χ3v) is 6.68. The molecule has 1 aromatic rings. The van der Waals surface area contributed by atoms with Gasteiger partial charge in [-0.2, -0.15) is 0 Å². The highest BCUT2D eigenvalue weighted by Gasteiger charge is 2.36. The van der Waals surface area contributed by atoms with Crippen molar-refractivity contribution in [1.29, 1.82) is 0 Å². The second-order valence-electron chi connectivity index (χ2n) is 7.54. The van der Waals surface area contributed by atoms with Gasteiger partial charge in [-0.15, -0.1) is 11.3 Å². The van der Waals surface area contributed by atoms with Crippen molar-refractivity contribution in [3.05, 3.63) is 28.3 Å². The van der Waals surface area contributed by atoms with E-state index in [0.29, 0.717) is 11.8 Å². The van der Waals surface area contributed by atoms with Crippen molar-refractivity contribution >= 4 is 22.2 Å². The van der Waals surface area contributed by atoms with Gasteiger partial charge in [0.05, 0.1) is 5.56 Å². The lowest BCUT2D eigenvalue weighted by molar-refractivity contribution is 0.0952. The lowest BCUT2D eigenvalue weighted by atomic mass is 9.95. The Balaban J connectivity index is 1.56. The van der Waals surface area contributed by atoms with Crippen LogP contribution >= 0.6 is 11.3 Å². The molecule has 3 nitrogen and oxygen atoms in total. The summed E-state index contributed by atoms with van der Waals surface area (Å²) in [7, 11) is 0. The van der Waals surface area contributed by atoms with Crippen LogP contribution < -0.4 is 10.6 Å². The Morgan fingerprint density at radius 1 is 1.30 bits per heavy atom.